The van der Waals surface area contributed by atoms with Crippen molar-refractivity contribution in [3.8, 4) is 0 Å². The van der Waals surface area contributed by atoms with Gasteiger partial charge >= 0.3 is 12.1 Å². The van der Waals surface area contributed by atoms with Gasteiger partial charge in [-0.15, -0.1) is 0 Å². The molecule has 1 rings (SSSR count). The van der Waals surface area contributed by atoms with Gasteiger partial charge in [-0.05, 0) is 43.9 Å². The Balaban J connectivity index is 2.83. The summed E-state index contributed by atoms with van der Waals surface area (Å²) in [4.78, 5) is 100. The number of rotatable bonds is 19. The Bertz CT molecular complexity index is 1100. The number of likely N-dealkylation sites (tertiary alicyclic amines) is 1. The van der Waals surface area contributed by atoms with E-state index in [1.54, 1.807) is 20.8 Å². The molecule has 7 N–H and O–H groups in total. The third kappa shape index (κ3) is 13.5. The van der Waals surface area contributed by atoms with Gasteiger partial charge < -0.3 is 41.7 Å². The lowest BCUT2D eigenvalue weighted by Crippen LogP contribution is -2.57. The summed E-state index contributed by atoms with van der Waals surface area (Å²) in [5.41, 5.74) is 5.25. The predicted octanol–water partition coefficient (Wildman–Crippen LogP) is -0.421. The first kappa shape index (κ1) is 38.8. The van der Waals surface area contributed by atoms with Crippen LogP contribution >= 0.6 is 0 Å². The molecule has 254 valence electrons. The number of aliphatic carboxylic acids is 1. The molecule has 1 saturated heterocycles. The van der Waals surface area contributed by atoms with E-state index in [1.807, 2.05) is 13.8 Å². The number of nitrogens with two attached hydrogens (primary N) is 1. The van der Waals surface area contributed by atoms with Crippen LogP contribution in [0, 0.1) is 11.8 Å². The fraction of sp³-hybridized carbons (Fsp3) is 0.724. The molecule has 0 bridgehead atoms. The summed E-state index contributed by atoms with van der Waals surface area (Å²) in [5.74, 6) is -6.25. The van der Waals surface area contributed by atoms with Crippen molar-refractivity contribution < 1.29 is 48.2 Å². The van der Waals surface area contributed by atoms with Crippen LogP contribution in [0.5, 0.6) is 0 Å². The van der Waals surface area contributed by atoms with E-state index in [2.05, 4.69) is 21.3 Å². The molecule has 1 aliphatic rings. The third-order valence-corrected chi connectivity index (χ3v) is 7.00. The number of carboxylic acid groups (broad SMARTS) is 1. The van der Waals surface area contributed by atoms with Crippen LogP contribution in [-0.4, -0.2) is 101 Å². The second-order valence-corrected chi connectivity index (χ2v) is 11.8. The number of ketones is 1. The Morgan fingerprint density at radius 3 is 2.18 bits per heavy atom. The molecule has 0 aromatic heterocycles. The van der Waals surface area contributed by atoms with Gasteiger partial charge in [0, 0.05) is 13.0 Å². The smallest absolute Gasteiger partial charge is 0.407 e. The number of alkyl carbamates (subject to hydrolysis) is 1. The van der Waals surface area contributed by atoms with E-state index in [-0.39, 0.29) is 50.7 Å². The molecule has 0 aliphatic carbocycles. The predicted molar refractivity (Wildman–Crippen MR) is 160 cm³/mol. The third-order valence-electron chi connectivity index (χ3n) is 7.00. The molecule has 2 unspecified atom stereocenters. The van der Waals surface area contributed by atoms with E-state index in [0.717, 1.165) is 0 Å². The van der Waals surface area contributed by atoms with Crippen LogP contribution in [-0.2, 0) is 38.3 Å². The molecule has 16 nitrogen and oxygen atoms in total. The number of Topliss-reactive ketones (excluding diaryl/α,β-unsaturated/α-hetero) is 1. The Morgan fingerprint density at radius 2 is 1.62 bits per heavy atom. The standard InChI is InChI=1S/C29H48N6O10/c1-6-9-18(24(39)27(42)31-14-21(36)32-19(25(30)40)10-7-12-22(37)38)33-26(41)20-11-8-13-35(20)28(43)23(17(4)5)34-29(44)45-15-16(2)3/h16-20,23H,6-15H2,1-5H3,(H2,30,40)(H,31,42)(H,32,36)(H,33,41)(H,34,44)(H,37,38)/t18?,19?,20-,23-/m0/s1. The average Bonchev–Trinajstić information content (AvgIpc) is 3.46. The highest BCUT2D eigenvalue weighted by molar-refractivity contribution is 6.38. The first-order chi connectivity index (χ1) is 21.1. The second-order valence-electron chi connectivity index (χ2n) is 11.8. The molecule has 6 amide bonds. The van der Waals surface area contributed by atoms with Gasteiger partial charge in [-0.25, -0.2) is 4.79 Å². The zero-order valence-electron chi connectivity index (χ0n) is 26.7. The van der Waals surface area contributed by atoms with Gasteiger partial charge in [0.2, 0.25) is 29.4 Å². The topological polar surface area (TPSA) is 243 Å². The second kappa shape index (κ2) is 19.2. The summed E-state index contributed by atoms with van der Waals surface area (Å²) in [6, 6.07) is -4.28. The van der Waals surface area contributed by atoms with Gasteiger partial charge in [-0.1, -0.05) is 41.0 Å². The van der Waals surface area contributed by atoms with Gasteiger partial charge in [-0.3, -0.25) is 33.6 Å². The monoisotopic (exact) mass is 640 g/mol. The van der Waals surface area contributed by atoms with Crippen LogP contribution < -0.4 is 27.0 Å². The SMILES string of the molecule is CCCC(NC(=O)[C@@H]1CCCN1C(=O)[C@@H](NC(=O)OCC(C)C)C(C)C)C(=O)C(=O)NCC(=O)NC(CCCC(=O)O)C(N)=O. The Kier molecular flexibility index (Phi) is 16.6. The van der Waals surface area contributed by atoms with E-state index < -0.39 is 78.1 Å². The zero-order valence-corrected chi connectivity index (χ0v) is 26.7. The van der Waals surface area contributed by atoms with Crippen molar-refractivity contribution in [3.63, 3.8) is 0 Å². The van der Waals surface area contributed by atoms with Gasteiger partial charge in [0.25, 0.3) is 5.91 Å². The van der Waals surface area contributed by atoms with Crippen molar-refractivity contribution in [2.45, 2.75) is 104 Å². The quantitative estimate of drug-likeness (QED) is 0.0996. The molecule has 1 fully saturated rings. The van der Waals surface area contributed by atoms with E-state index in [4.69, 9.17) is 15.6 Å². The minimum atomic E-state index is -1.23. The molecule has 0 spiro atoms. The van der Waals surface area contributed by atoms with Crippen molar-refractivity contribution in [2.75, 3.05) is 19.7 Å². The molecular formula is C29H48N6O10. The average molecular weight is 641 g/mol. The maximum absolute atomic E-state index is 13.4. The Hall–Kier alpha value is -4.24. The van der Waals surface area contributed by atoms with Gasteiger partial charge in [0.1, 0.15) is 18.1 Å². The fourth-order valence-electron chi connectivity index (χ4n) is 4.63. The molecule has 1 aliphatic heterocycles. The van der Waals surface area contributed by atoms with Crippen LogP contribution in [0.25, 0.3) is 0 Å². The number of nitrogens with one attached hydrogen (secondary N) is 4. The summed E-state index contributed by atoms with van der Waals surface area (Å²) in [6.45, 7) is 8.75. The van der Waals surface area contributed by atoms with Crippen LogP contribution in [0.2, 0.25) is 0 Å². The van der Waals surface area contributed by atoms with Crippen LogP contribution in [0.1, 0.15) is 79.6 Å². The number of carbonyl (C=O) groups excluding carboxylic acids is 7. The number of nitrogens with zero attached hydrogens (tertiary/aromatic N) is 1. The molecule has 16 heteroatoms. The summed E-state index contributed by atoms with van der Waals surface area (Å²) in [5, 5.41) is 18.3. The van der Waals surface area contributed by atoms with Crippen LogP contribution in [0.15, 0.2) is 0 Å². The normalized spacial score (nSPS) is 16.3. The molecule has 4 atom stereocenters. The molecule has 0 aromatic rings. The Morgan fingerprint density at radius 1 is 0.956 bits per heavy atom. The highest BCUT2D eigenvalue weighted by Crippen LogP contribution is 2.21. The molecule has 45 heavy (non-hydrogen) atoms. The Labute approximate surface area is 262 Å². The van der Waals surface area contributed by atoms with Crippen molar-refractivity contribution in [3.05, 3.63) is 0 Å². The van der Waals surface area contributed by atoms with E-state index >= 15 is 0 Å². The summed E-state index contributed by atoms with van der Waals surface area (Å²) in [7, 11) is 0. The molecule has 0 radical (unpaired) electrons. The number of carboxylic acids is 1. The van der Waals surface area contributed by atoms with Crippen molar-refractivity contribution in [1.82, 2.24) is 26.2 Å². The molecule has 0 aromatic carbocycles. The first-order valence-electron chi connectivity index (χ1n) is 15.3. The van der Waals surface area contributed by atoms with Crippen molar-refractivity contribution in [1.29, 1.82) is 0 Å². The number of carbonyl (C=O) groups is 8. The lowest BCUT2D eigenvalue weighted by atomic mass is 10.0. The lowest BCUT2D eigenvalue weighted by molar-refractivity contribution is -0.143. The van der Waals surface area contributed by atoms with Gasteiger partial charge in [0.15, 0.2) is 0 Å². The van der Waals surface area contributed by atoms with Crippen LogP contribution in [0.4, 0.5) is 4.79 Å². The largest absolute Gasteiger partial charge is 0.481 e. The highest BCUT2D eigenvalue weighted by atomic mass is 16.5. The number of hydrogen-bond acceptors (Lipinski definition) is 9. The fourth-order valence-corrected chi connectivity index (χ4v) is 4.63. The van der Waals surface area contributed by atoms with Crippen molar-refractivity contribution >= 4 is 47.4 Å². The van der Waals surface area contributed by atoms with Crippen molar-refractivity contribution in [2.24, 2.45) is 17.6 Å². The van der Waals surface area contributed by atoms with Gasteiger partial charge in [-0.2, -0.15) is 0 Å². The minimum Gasteiger partial charge on any atom is -0.481 e. The maximum atomic E-state index is 13.4. The number of hydrogen-bond donors (Lipinski definition) is 6. The number of amides is 6. The summed E-state index contributed by atoms with van der Waals surface area (Å²) >= 11 is 0. The summed E-state index contributed by atoms with van der Waals surface area (Å²) in [6.07, 6.45) is 0.432. The zero-order chi connectivity index (χ0) is 34.3. The molecule has 1 heterocycles. The minimum absolute atomic E-state index is 0.0261. The van der Waals surface area contributed by atoms with E-state index in [9.17, 15) is 38.4 Å². The maximum Gasteiger partial charge on any atom is 0.407 e. The number of primary amides is 1. The highest BCUT2D eigenvalue weighted by Gasteiger charge is 2.40. The lowest BCUT2D eigenvalue weighted by Gasteiger charge is -2.31. The molecular weight excluding hydrogens is 592 g/mol. The first-order valence-corrected chi connectivity index (χ1v) is 15.3. The van der Waals surface area contributed by atoms with Crippen LogP contribution in [0.3, 0.4) is 0 Å². The van der Waals surface area contributed by atoms with E-state index in [0.29, 0.717) is 19.3 Å². The van der Waals surface area contributed by atoms with E-state index in [1.165, 1.54) is 4.90 Å². The van der Waals surface area contributed by atoms with Gasteiger partial charge in [0.05, 0.1) is 19.2 Å². The summed E-state index contributed by atoms with van der Waals surface area (Å²) < 4.78 is 5.15. The number of ether oxygens (including phenoxy) is 1. The molecule has 0 saturated carbocycles.